The number of carbonyl (C=O) groups excluding carboxylic acids is 1. The quantitative estimate of drug-likeness (QED) is 0.716. The monoisotopic (exact) mass is 189 g/mol. The van der Waals surface area contributed by atoms with Gasteiger partial charge in [0, 0.05) is 0 Å². The summed E-state index contributed by atoms with van der Waals surface area (Å²) in [5, 5.41) is 0. The van der Waals surface area contributed by atoms with Crippen LogP contribution in [-0.2, 0) is 4.79 Å². The summed E-state index contributed by atoms with van der Waals surface area (Å²) in [6.07, 6.45) is 0.618. The fourth-order valence-electron chi connectivity index (χ4n) is 0.764. The minimum atomic E-state index is -0.643. The van der Waals surface area contributed by atoms with Crippen LogP contribution in [0, 0.1) is 5.82 Å². The van der Waals surface area contributed by atoms with Crippen molar-refractivity contribution >= 4 is 18.7 Å². The minimum absolute atomic E-state index is 0. The highest BCUT2D eigenvalue weighted by molar-refractivity contribution is 5.85. The molecule has 0 aliphatic carbocycles. The van der Waals surface area contributed by atoms with Crippen molar-refractivity contribution in [3.8, 4) is 0 Å². The Labute approximate surface area is 76.0 Å². The van der Waals surface area contributed by atoms with Gasteiger partial charge in [-0.1, -0.05) is 12.1 Å². The van der Waals surface area contributed by atoms with Crippen molar-refractivity contribution in [1.82, 2.24) is 0 Å². The normalized spacial score (nSPS) is 11.5. The molecule has 0 saturated carbocycles. The Bertz CT molecular complexity index is 250. The standard InChI is InChI=1S/C8H8FNO.ClH/c9-7-3-1-6(2-4-7)8(10)5-11;/h1-5,8H,10H2;1H. The molecule has 2 N–H and O–H groups in total. The lowest BCUT2D eigenvalue weighted by Crippen LogP contribution is -2.10. The Kier molecular flexibility index (Phi) is 4.47. The van der Waals surface area contributed by atoms with E-state index in [2.05, 4.69) is 0 Å². The van der Waals surface area contributed by atoms with Gasteiger partial charge in [-0.25, -0.2) is 4.39 Å². The van der Waals surface area contributed by atoms with Crippen molar-refractivity contribution in [1.29, 1.82) is 0 Å². The number of halogens is 2. The topological polar surface area (TPSA) is 43.1 Å². The highest BCUT2D eigenvalue weighted by Gasteiger charge is 2.02. The molecule has 0 amide bonds. The maximum absolute atomic E-state index is 12.3. The Balaban J connectivity index is 0.00000121. The summed E-state index contributed by atoms with van der Waals surface area (Å²) in [5.74, 6) is -0.327. The molecule has 4 heteroatoms. The number of hydrogen-bond acceptors (Lipinski definition) is 2. The molecule has 0 aliphatic heterocycles. The number of aldehydes is 1. The summed E-state index contributed by atoms with van der Waals surface area (Å²) in [7, 11) is 0. The van der Waals surface area contributed by atoms with Gasteiger partial charge in [-0.15, -0.1) is 12.4 Å². The first-order valence-corrected chi connectivity index (χ1v) is 3.20. The highest BCUT2D eigenvalue weighted by atomic mass is 35.5. The molecule has 0 fully saturated rings. The summed E-state index contributed by atoms with van der Waals surface area (Å²) in [5.41, 5.74) is 5.98. The number of carbonyl (C=O) groups is 1. The molecule has 0 aromatic heterocycles. The maximum Gasteiger partial charge on any atom is 0.141 e. The molecule has 0 aliphatic rings. The summed E-state index contributed by atoms with van der Waals surface area (Å²) in [6, 6.07) is 4.90. The van der Waals surface area contributed by atoms with Gasteiger partial charge < -0.3 is 10.5 Å². The molecule has 0 spiro atoms. The van der Waals surface area contributed by atoms with E-state index in [4.69, 9.17) is 5.73 Å². The summed E-state index contributed by atoms with van der Waals surface area (Å²) in [4.78, 5) is 10.2. The van der Waals surface area contributed by atoms with Crippen molar-refractivity contribution in [3.05, 3.63) is 35.6 Å². The molecule has 2 nitrogen and oxygen atoms in total. The van der Waals surface area contributed by atoms with Crippen LogP contribution in [0.25, 0.3) is 0 Å². The first-order chi connectivity index (χ1) is 5.24. The predicted octanol–water partition coefficient (Wildman–Crippen LogP) is 1.45. The van der Waals surface area contributed by atoms with E-state index < -0.39 is 6.04 Å². The van der Waals surface area contributed by atoms with Crippen LogP contribution >= 0.6 is 12.4 Å². The largest absolute Gasteiger partial charge is 0.318 e. The predicted molar refractivity (Wildman–Crippen MR) is 46.6 cm³/mol. The molecule has 0 heterocycles. The molecule has 1 aromatic rings. The molecular formula is C8H9ClFNO. The third-order valence-corrected chi connectivity index (χ3v) is 1.40. The van der Waals surface area contributed by atoms with Crippen LogP contribution in [0.15, 0.2) is 24.3 Å². The van der Waals surface area contributed by atoms with Crippen LogP contribution in [0.5, 0.6) is 0 Å². The zero-order valence-electron chi connectivity index (χ0n) is 6.24. The van der Waals surface area contributed by atoms with E-state index in [0.29, 0.717) is 11.8 Å². The van der Waals surface area contributed by atoms with E-state index in [1.54, 1.807) is 0 Å². The molecule has 1 rings (SSSR count). The third kappa shape index (κ3) is 2.60. The van der Waals surface area contributed by atoms with Crippen LogP contribution in [0.3, 0.4) is 0 Å². The molecule has 1 atom stereocenters. The Morgan fingerprint density at radius 3 is 2.25 bits per heavy atom. The first-order valence-electron chi connectivity index (χ1n) is 3.20. The molecule has 1 aromatic carbocycles. The van der Waals surface area contributed by atoms with Crippen LogP contribution < -0.4 is 5.73 Å². The minimum Gasteiger partial charge on any atom is -0.318 e. The molecule has 12 heavy (non-hydrogen) atoms. The van der Waals surface area contributed by atoms with E-state index in [0.717, 1.165) is 0 Å². The zero-order chi connectivity index (χ0) is 8.27. The molecule has 0 saturated heterocycles. The van der Waals surface area contributed by atoms with Gasteiger partial charge in [0.2, 0.25) is 0 Å². The lowest BCUT2D eigenvalue weighted by atomic mass is 10.1. The SMILES string of the molecule is Cl.NC(C=O)c1ccc(F)cc1. The summed E-state index contributed by atoms with van der Waals surface area (Å²) in [6.45, 7) is 0. The van der Waals surface area contributed by atoms with Gasteiger partial charge in [0.05, 0.1) is 6.04 Å². The van der Waals surface area contributed by atoms with E-state index >= 15 is 0 Å². The number of rotatable bonds is 2. The van der Waals surface area contributed by atoms with Gasteiger partial charge in [-0.3, -0.25) is 0 Å². The number of hydrogen-bond donors (Lipinski definition) is 1. The highest BCUT2D eigenvalue weighted by Crippen LogP contribution is 2.08. The second-order valence-corrected chi connectivity index (χ2v) is 2.21. The van der Waals surface area contributed by atoms with Gasteiger partial charge in [0.25, 0.3) is 0 Å². The van der Waals surface area contributed by atoms with Crippen molar-refractivity contribution < 1.29 is 9.18 Å². The molecule has 66 valence electrons. The zero-order valence-corrected chi connectivity index (χ0v) is 7.05. The van der Waals surface area contributed by atoms with Crippen LogP contribution in [0.4, 0.5) is 4.39 Å². The summed E-state index contributed by atoms with van der Waals surface area (Å²) < 4.78 is 12.3. The van der Waals surface area contributed by atoms with Gasteiger partial charge in [0.15, 0.2) is 0 Å². The third-order valence-electron chi connectivity index (χ3n) is 1.40. The van der Waals surface area contributed by atoms with Crippen molar-refractivity contribution in [2.45, 2.75) is 6.04 Å². The van der Waals surface area contributed by atoms with Crippen molar-refractivity contribution in [2.75, 3.05) is 0 Å². The second kappa shape index (κ2) is 4.85. The maximum atomic E-state index is 12.3. The van der Waals surface area contributed by atoms with Crippen LogP contribution in [0.1, 0.15) is 11.6 Å². The average molecular weight is 190 g/mol. The first kappa shape index (κ1) is 11.1. The Morgan fingerprint density at radius 1 is 1.33 bits per heavy atom. The fourth-order valence-corrected chi connectivity index (χ4v) is 0.764. The Hall–Kier alpha value is -0.930. The summed E-state index contributed by atoms with van der Waals surface area (Å²) >= 11 is 0. The fraction of sp³-hybridized carbons (Fsp3) is 0.125. The lowest BCUT2D eigenvalue weighted by Gasteiger charge is -2.01. The molecular weight excluding hydrogens is 181 g/mol. The van der Waals surface area contributed by atoms with E-state index in [1.165, 1.54) is 24.3 Å². The van der Waals surface area contributed by atoms with Crippen LogP contribution in [0.2, 0.25) is 0 Å². The van der Waals surface area contributed by atoms with Gasteiger partial charge >= 0.3 is 0 Å². The number of nitrogens with two attached hydrogens (primary N) is 1. The second-order valence-electron chi connectivity index (χ2n) is 2.21. The smallest absolute Gasteiger partial charge is 0.141 e. The van der Waals surface area contributed by atoms with E-state index in [-0.39, 0.29) is 18.2 Å². The van der Waals surface area contributed by atoms with Crippen LogP contribution in [-0.4, -0.2) is 6.29 Å². The van der Waals surface area contributed by atoms with Crippen molar-refractivity contribution in [3.63, 3.8) is 0 Å². The Morgan fingerprint density at radius 2 is 1.83 bits per heavy atom. The molecule has 1 unspecified atom stereocenters. The molecule has 0 radical (unpaired) electrons. The van der Waals surface area contributed by atoms with Gasteiger partial charge in [0.1, 0.15) is 12.1 Å². The molecule has 0 bridgehead atoms. The van der Waals surface area contributed by atoms with Crippen molar-refractivity contribution in [2.24, 2.45) is 5.73 Å². The van der Waals surface area contributed by atoms with E-state index in [9.17, 15) is 9.18 Å². The number of benzene rings is 1. The average Bonchev–Trinajstić information content (AvgIpc) is 2.05. The van der Waals surface area contributed by atoms with Gasteiger partial charge in [-0.2, -0.15) is 0 Å². The lowest BCUT2D eigenvalue weighted by molar-refractivity contribution is -0.109. The van der Waals surface area contributed by atoms with E-state index in [1.807, 2.05) is 0 Å². The van der Waals surface area contributed by atoms with Gasteiger partial charge in [-0.05, 0) is 17.7 Å².